The highest BCUT2D eigenvalue weighted by molar-refractivity contribution is 6.19. The summed E-state index contributed by atoms with van der Waals surface area (Å²) in [6.45, 7) is 1.13. The van der Waals surface area contributed by atoms with Gasteiger partial charge in [0.2, 0.25) is 0 Å². The van der Waals surface area contributed by atoms with Gasteiger partial charge in [-0.15, -0.1) is 0 Å². The second kappa shape index (κ2) is 5.77. The maximum Gasteiger partial charge on any atom is 0.327 e. The van der Waals surface area contributed by atoms with E-state index < -0.39 is 28.7 Å². The number of hydrogen-bond acceptors (Lipinski definition) is 6. The van der Waals surface area contributed by atoms with E-state index in [4.69, 9.17) is 9.47 Å². The number of methoxy groups -OCH3 is 1. The van der Waals surface area contributed by atoms with Crippen molar-refractivity contribution in [2.75, 3.05) is 13.7 Å². The van der Waals surface area contributed by atoms with Crippen molar-refractivity contribution in [3.8, 4) is 17.2 Å². The topological polar surface area (TPSA) is 93.1 Å². The van der Waals surface area contributed by atoms with Crippen LogP contribution in [-0.2, 0) is 14.9 Å². The standard InChI is InChI=1S/C18H15FO6/c1-9-5-10(6-13(20)15(9)21)18(17(23)24-2)8-25-14-4-3-11(19)7-12(14)16(18)22/h3-7,20-21H,8H2,1-2H3. The summed E-state index contributed by atoms with van der Waals surface area (Å²) in [7, 11) is 1.12. The molecule has 2 aromatic rings. The number of phenols is 2. The van der Waals surface area contributed by atoms with E-state index in [1.54, 1.807) is 0 Å². The molecule has 130 valence electrons. The van der Waals surface area contributed by atoms with E-state index in [2.05, 4.69) is 0 Å². The summed E-state index contributed by atoms with van der Waals surface area (Å²) in [4.78, 5) is 25.6. The number of ketones is 1. The number of carbonyl (C=O) groups is 2. The van der Waals surface area contributed by atoms with Crippen LogP contribution in [0.3, 0.4) is 0 Å². The van der Waals surface area contributed by atoms with Crippen molar-refractivity contribution < 1.29 is 33.7 Å². The molecule has 0 radical (unpaired) electrons. The Hall–Kier alpha value is -3.09. The SMILES string of the molecule is COC(=O)C1(c2cc(C)c(O)c(O)c2)COc2ccc(F)cc2C1=O. The Morgan fingerprint density at radius 3 is 2.64 bits per heavy atom. The second-order valence-electron chi connectivity index (χ2n) is 5.82. The zero-order valence-electron chi connectivity index (χ0n) is 13.5. The molecule has 0 saturated heterocycles. The normalized spacial score (nSPS) is 19.1. The molecule has 1 aliphatic heterocycles. The largest absolute Gasteiger partial charge is 0.504 e. The Kier molecular flexibility index (Phi) is 3.87. The molecule has 1 atom stereocenters. The molecule has 0 bridgehead atoms. The number of aromatic hydroxyl groups is 2. The number of Topliss-reactive ketones (excluding diaryl/α,β-unsaturated/α-hetero) is 1. The first-order valence-electron chi connectivity index (χ1n) is 7.40. The van der Waals surface area contributed by atoms with Gasteiger partial charge in [-0.2, -0.15) is 0 Å². The van der Waals surface area contributed by atoms with Gasteiger partial charge in [0.25, 0.3) is 0 Å². The first kappa shape index (κ1) is 16.8. The molecule has 2 aromatic carbocycles. The molecule has 25 heavy (non-hydrogen) atoms. The first-order valence-corrected chi connectivity index (χ1v) is 7.40. The lowest BCUT2D eigenvalue weighted by atomic mass is 9.73. The van der Waals surface area contributed by atoms with Crippen LogP contribution in [0.1, 0.15) is 21.5 Å². The average Bonchev–Trinajstić information content (AvgIpc) is 2.59. The van der Waals surface area contributed by atoms with E-state index in [0.29, 0.717) is 0 Å². The molecule has 0 fully saturated rings. The Balaban J connectivity index is 2.26. The fourth-order valence-electron chi connectivity index (χ4n) is 2.95. The molecule has 3 rings (SSSR count). The van der Waals surface area contributed by atoms with Crippen LogP contribution in [-0.4, -0.2) is 35.7 Å². The van der Waals surface area contributed by atoms with Gasteiger partial charge < -0.3 is 19.7 Å². The first-order chi connectivity index (χ1) is 11.8. The highest BCUT2D eigenvalue weighted by Gasteiger charge is 2.53. The predicted molar refractivity (Wildman–Crippen MR) is 84.4 cm³/mol. The number of rotatable bonds is 2. The van der Waals surface area contributed by atoms with Gasteiger partial charge in [-0.25, -0.2) is 4.39 Å². The van der Waals surface area contributed by atoms with Crippen molar-refractivity contribution in [1.82, 2.24) is 0 Å². The van der Waals surface area contributed by atoms with Crippen LogP contribution in [0.2, 0.25) is 0 Å². The van der Waals surface area contributed by atoms with Crippen LogP contribution in [0.4, 0.5) is 4.39 Å². The number of esters is 1. The lowest BCUT2D eigenvalue weighted by Crippen LogP contribution is -2.51. The van der Waals surface area contributed by atoms with Crippen molar-refractivity contribution in [3.63, 3.8) is 0 Å². The molecule has 1 unspecified atom stereocenters. The van der Waals surface area contributed by atoms with E-state index in [-0.39, 0.29) is 34.8 Å². The molecule has 0 spiro atoms. The summed E-state index contributed by atoms with van der Waals surface area (Å²) in [6, 6.07) is 5.93. The summed E-state index contributed by atoms with van der Waals surface area (Å²) >= 11 is 0. The van der Waals surface area contributed by atoms with E-state index in [1.165, 1.54) is 19.1 Å². The van der Waals surface area contributed by atoms with Gasteiger partial charge in [0.1, 0.15) is 18.2 Å². The van der Waals surface area contributed by atoms with Crippen LogP contribution in [0.15, 0.2) is 30.3 Å². The van der Waals surface area contributed by atoms with Gasteiger partial charge in [-0.3, -0.25) is 9.59 Å². The van der Waals surface area contributed by atoms with Crippen LogP contribution in [0, 0.1) is 12.7 Å². The smallest absolute Gasteiger partial charge is 0.327 e. The number of ether oxygens (including phenoxy) is 2. The Morgan fingerprint density at radius 2 is 2.00 bits per heavy atom. The Labute approximate surface area is 142 Å². The minimum Gasteiger partial charge on any atom is -0.504 e. The average molecular weight is 346 g/mol. The monoisotopic (exact) mass is 346 g/mol. The molecular formula is C18H15FO6. The van der Waals surface area contributed by atoms with Gasteiger partial charge in [-0.1, -0.05) is 6.07 Å². The van der Waals surface area contributed by atoms with Crippen molar-refractivity contribution in [2.45, 2.75) is 12.3 Å². The number of fused-ring (bicyclic) bond motifs is 1. The molecule has 0 amide bonds. The molecule has 7 heteroatoms. The maximum absolute atomic E-state index is 13.6. The summed E-state index contributed by atoms with van der Waals surface area (Å²) in [5.41, 5.74) is -1.66. The fourth-order valence-corrected chi connectivity index (χ4v) is 2.95. The Morgan fingerprint density at radius 1 is 1.28 bits per heavy atom. The van der Waals surface area contributed by atoms with Gasteiger partial charge in [0, 0.05) is 0 Å². The Bertz CT molecular complexity index is 868. The van der Waals surface area contributed by atoms with E-state index >= 15 is 0 Å². The zero-order chi connectivity index (χ0) is 18.4. The molecule has 6 nitrogen and oxygen atoms in total. The molecule has 1 heterocycles. The van der Waals surface area contributed by atoms with Crippen molar-refractivity contribution >= 4 is 11.8 Å². The van der Waals surface area contributed by atoms with Crippen LogP contribution in [0.25, 0.3) is 0 Å². The number of phenolic OH excluding ortho intramolecular Hbond substituents is 2. The third-order valence-corrected chi connectivity index (χ3v) is 4.33. The number of carbonyl (C=O) groups excluding carboxylic acids is 2. The van der Waals surface area contributed by atoms with Crippen molar-refractivity contribution in [3.05, 3.63) is 52.8 Å². The lowest BCUT2D eigenvalue weighted by Gasteiger charge is -2.34. The van der Waals surface area contributed by atoms with Gasteiger partial charge in [0.15, 0.2) is 22.7 Å². The highest BCUT2D eigenvalue weighted by atomic mass is 19.1. The molecule has 1 aliphatic rings. The number of benzene rings is 2. The molecule has 2 N–H and O–H groups in total. The quantitative estimate of drug-likeness (QED) is 0.492. The summed E-state index contributed by atoms with van der Waals surface area (Å²) in [5, 5.41) is 19.6. The number of aryl methyl sites for hydroxylation is 1. The minimum atomic E-state index is -1.91. The lowest BCUT2D eigenvalue weighted by molar-refractivity contribution is -0.146. The van der Waals surface area contributed by atoms with Crippen molar-refractivity contribution in [1.29, 1.82) is 0 Å². The van der Waals surface area contributed by atoms with Gasteiger partial charge in [0.05, 0.1) is 12.7 Å². The maximum atomic E-state index is 13.6. The molecule has 0 saturated carbocycles. The minimum absolute atomic E-state index is 0.0899. The fraction of sp³-hybridized carbons (Fsp3) is 0.222. The van der Waals surface area contributed by atoms with Crippen LogP contribution >= 0.6 is 0 Å². The number of hydrogen-bond donors (Lipinski definition) is 2. The highest BCUT2D eigenvalue weighted by Crippen LogP contribution is 2.42. The predicted octanol–water partition coefficient (Wildman–Crippen LogP) is 2.23. The summed E-state index contributed by atoms with van der Waals surface area (Å²) in [5.74, 6) is -2.95. The van der Waals surface area contributed by atoms with Crippen molar-refractivity contribution in [2.24, 2.45) is 0 Å². The number of halogens is 1. The molecular weight excluding hydrogens is 331 g/mol. The van der Waals surface area contributed by atoms with E-state index in [0.717, 1.165) is 25.3 Å². The van der Waals surface area contributed by atoms with Crippen LogP contribution < -0.4 is 4.74 Å². The third kappa shape index (κ3) is 2.39. The van der Waals surface area contributed by atoms with Gasteiger partial charge >= 0.3 is 5.97 Å². The summed E-state index contributed by atoms with van der Waals surface area (Å²) < 4.78 is 23.9. The summed E-state index contributed by atoms with van der Waals surface area (Å²) in [6.07, 6.45) is 0. The second-order valence-corrected chi connectivity index (χ2v) is 5.82. The third-order valence-electron chi connectivity index (χ3n) is 4.33. The van der Waals surface area contributed by atoms with E-state index in [1.807, 2.05) is 0 Å². The van der Waals surface area contributed by atoms with E-state index in [9.17, 15) is 24.2 Å². The molecule has 0 aromatic heterocycles. The molecule has 0 aliphatic carbocycles. The zero-order valence-corrected chi connectivity index (χ0v) is 13.5. The van der Waals surface area contributed by atoms with Crippen LogP contribution in [0.5, 0.6) is 17.2 Å². The van der Waals surface area contributed by atoms with Gasteiger partial charge in [-0.05, 0) is 42.3 Å².